The first kappa shape index (κ1) is 75.2. The Morgan fingerprint density at radius 1 is 0.247 bits per heavy atom. The van der Waals surface area contributed by atoms with Crippen LogP contribution in [0, 0.1) is 0 Å². The predicted octanol–water partition coefficient (Wildman–Crippen LogP) is 24.0. The van der Waals surface area contributed by atoms with Crippen LogP contribution in [0.3, 0.4) is 0 Å². The summed E-state index contributed by atoms with van der Waals surface area (Å²) in [5.74, 6) is -0.842. The zero-order chi connectivity index (χ0) is 55.7. The molecule has 0 saturated heterocycles. The molecule has 0 spiro atoms. The fraction of sp³-hybridized carbons (Fsp3) is 0.930. The Morgan fingerprint density at radius 3 is 0.675 bits per heavy atom. The fourth-order valence-corrected chi connectivity index (χ4v) is 11.0. The highest BCUT2D eigenvalue weighted by Crippen LogP contribution is 2.19. The second kappa shape index (κ2) is 66.7. The standard InChI is InChI=1S/C71H136O6/c1-4-7-10-13-16-19-22-25-27-29-31-33-34-35-36-37-38-39-41-42-44-46-49-52-55-58-61-64-70(73)76-67-68(66-75-69(72)63-60-57-54-51-48-24-21-18-15-12-9-6-3)77-71(74)65-62-59-56-53-50-47-45-43-40-32-30-28-26-23-20-17-14-11-8-5-2/h18,21,68H,4-17,19-20,22-67H2,1-3H3/b21-18-. The number of rotatable bonds is 66. The van der Waals surface area contributed by atoms with E-state index in [1.165, 1.54) is 302 Å². The summed E-state index contributed by atoms with van der Waals surface area (Å²) in [6.45, 7) is 6.70. The molecule has 0 rings (SSSR count). The van der Waals surface area contributed by atoms with E-state index >= 15 is 0 Å². The van der Waals surface area contributed by atoms with Crippen LogP contribution in [0.1, 0.15) is 406 Å². The molecule has 0 aromatic rings. The van der Waals surface area contributed by atoms with E-state index in [1.807, 2.05) is 0 Å². The van der Waals surface area contributed by atoms with Crippen molar-refractivity contribution in [2.75, 3.05) is 13.2 Å². The van der Waals surface area contributed by atoms with Gasteiger partial charge in [0.05, 0.1) is 0 Å². The number of carbonyl (C=O) groups excluding carboxylic acids is 3. The van der Waals surface area contributed by atoms with Crippen LogP contribution in [-0.4, -0.2) is 37.2 Å². The number of ether oxygens (including phenoxy) is 3. The molecular formula is C71H136O6. The number of esters is 3. The summed E-state index contributed by atoms with van der Waals surface area (Å²) in [6.07, 6.45) is 79.7. The quantitative estimate of drug-likeness (QED) is 0.0261. The van der Waals surface area contributed by atoms with E-state index in [4.69, 9.17) is 14.2 Å². The third-order valence-electron chi connectivity index (χ3n) is 16.3. The van der Waals surface area contributed by atoms with Crippen LogP contribution in [0.2, 0.25) is 0 Å². The molecule has 6 nitrogen and oxygen atoms in total. The van der Waals surface area contributed by atoms with Crippen LogP contribution in [0.25, 0.3) is 0 Å². The van der Waals surface area contributed by atoms with Crippen molar-refractivity contribution >= 4 is 17.9 Å². The van der Waals surface area contributed by atoms with Gasteiger partial charge in [0.25, 0.3) is 0 Å². The maximum atomic E-state index is 12.9. The molecule has 456 valence electrons. The van der Waals surface area contributed by atoms with Gasteiger partial charge in [-0.15, -0.1) is 0 Å². The summed E-state index contributed by atoms with van der Waals surface area (Å²) >= 11 is 0. The highest BCUT2D eigenvalue weighted by atomic mass is 16.6. The van der Waals surface area contributed by atoms with Crippen LogP contribution in [0.4, 0.5) is 0 Å². The molecule has 0 aliphatic rings. The van der Waals surface area contributed by atoms with E-state index in [1.54, 1.807) is 0 Å². The molecular weight excluding hydrogens is 949 g/mol. The van der Waals surface area contributed by atoms with Crippen LogP contribution >= 0.6 is 0 Å². The highest BCUT2D eigenvalue weighted by molar-refractivity contribution is 5.71. The van der Waals surface area contributed by atoms with Gasteiger partial charge in [-0.1, -0.05) is 354 Å². The van der Waals surface area contributed by atoms with E-state index in [9.17, 15) is 14.4 Å². The number of carbonyl (C=O) groups is 3. The maximum absolute atomic E-state index is 12.9. The van der Waals surface area contributed by atoms with Gasteiger partial charge in [-0.25, -0.2) is 0 Å². The predicted molar refractivity (Wildman–Crippen MR) is 335 cm³/mol. The average molecular weight is 1090 g/mol. The Hall–Kier alpha value is -1.85. The van der Waals surface area contributed by atoms with Crippen molar-refractivity contribution in [3.05, 3.63) is 12.2 Å². The Bertz CT molecular complexity index is 1200. The number of unbranched alkanes of at least 4 members (excludes halogenated alkanes) is 53. The molecule has 0 aromatic carbocycles. The minimum absolute atomic E-state index is 0.0658. The van der Waals surface area contributed by atoms with Gasteiger partial charge in [-0.05, 0) is 44.9 Å². The zero-order valence-corrected chi connectivity index (χ0v) is 52.5. The lowest BCUT2D eigenvalue weighted by Gasteiger charge is -2.18. The van der Waals surface area contributed by atoms with Gasteiger partial charge in [0.1, 0.15) is 13.2 Å². The van der Waals surface area contributed by atoms with Gasteiger partial charge in [-0.2, -0.15) is 0 Å². The number of hydrogen-bond acceptors (Lipinski definition) is 6. The largest absolute Gasteiger partial charge is 0.462 e. The summed E-state index contributed by atoms with van der Waals surface area (Å²) in [5.41, 5.74) is 0. The summed E-state index contributed by atoms with van der Waals surface area (Å²) in [6, 6.07) is 0. The van der Waals surface area contributed by atoms with Gasteiger partial charge in [-0.3, -0.25) is 14.4 Å². The molecule has 0 heterocycles. The molecule has 0 aromatic heterocycles. The molecule has 0 radical (unpaired) electrons. The molecule has 0 N–H and O–H groups in total. The molecule has 0 bridgehead atoms. The Morgan fingerprint density at radius 2 is 0.429 bits per heavy atom. The van der Waals surface area contributed by atoms with Crippen molar-refractivity contribution in [2.24, 2.45) is 0 Å². The molecule has 6 heteroatoms. The van der Waals surface area contributed by atoms with E-state index in [-0.39, 0.29) is 31.1 Å². The molecule has 0 amide bonds. The smallest absolute Gasteiger partial charge is 0.306 e. The number of hydrogen-bond donors (Lipinski definition) is 0. The molecule has 1 atom stereocenters. The Labute approximate surface area is 481 Å². The third-order valence-corrected chi connectivity index (χ3v) is 16.3. The van der Waals surface area contributed by atoms with Crippen molar-refractivity contribution in [3.63, 3.8) is 0 Å². The summed E-state index contributed by atoms with van der Waals surface area (Å²) < 4.78 is 17.0. The van der Waals surface area contributed by atoms with Crippen LogP contribution in [0.15, 0.2) is 12.2 Å². The van der Waals surface area contributed by atoms with E-state index < -0.39 is 6.10 Å². The molecule has 77 heavy (non-hydrogen) atoms. The molecule has 0 aliphatic heterocycles. The minimum Gasteiger partial charge on any atom is -0.462 e. The second-order valence-electron chi connectivity index (χ2n) is 24.2. The van der Waals surface area contributed by atoms with Gasteiger partial charge in [0.15, 0.2) is 6.10 Å². The topological polar surface area (TPSA) is 78.9 Å². The first-order valence-corrected chi connectivity index (χ1v) is 35.2. The first-order chi connectivity index (χ1) is 38.0. The van der Waals surface area contributed by atoms with E-state index in [2.05, 4.69) is 32.9 Å². The van der Waals surface area contributed by atoms with Crippen LogP contribution in [-0.2, 0) is 28.6 Å². The third kappa shape index (κ3) is 64.9. The van der Waals surface area contributed by atoms with Gasteiger partial charge >= 0.3 is 17.9 Å². The van der Waals surface area contributed by atoms with E-state index in [0.717, 1.165) is 64.2 Å². The van der Waals surface area contributed by atoms with Crippen molar-refractivity contribution in [3.8, 4) is 0 Å². The molecule has 0 aliphatic carbocycles. The van der Waals surface area contributed by atoms with Crippen LogP contribution in [0.5, 0.6) is 0 Å². The summed E-state index contributed by atoms with van der Waals surface area (Å²) in [4.78, 5) is 38.4. The Kier molecular flexibility index (Phi) is 65.1. The van der Waals surface area contributed by atoms with Crippen molar-refractivity contribution in [1.82, 2.24) is 0 Å². The zero-order valence-electron chi connectivity index (χ0n) is 52.5. The first-order valence-electron chi connectivity index (χ1n) is 35.2. The normalized spacial score (nSPS) is 12.0. The van der Waals surface area contributed by atoms with Gasteiger partial charge < -0.3 is 14.2 Å². The van der Waals surface area contributed by atoms with Gasteiger partial charge in [0, 0.05) is 19.3 Å². The van der Waals surface area contributed by atoms with Crippen molar-refractivity contribution < 1.29 is 28.6 Å². The minimum atomic E-state index is -0.769. The molecule has 1 unspecified atom stereocenters. The summed E-state index contributed by atoms with van der Waals surface area (Å²) in [5, 5.41) is 0. The van der Waals surface area contributed by atoms with E-state index in [0.29, 0.717) is 19.3 Å². The summed E-state index contributed by atoms with van der Waals surface area (Å²) in [7, 11) is 0. The average Bonchev–Trinajstić information content (AvgIpc) is 3.43. The lowest BCUT2D eigenvalue weighted by atomic mass is 10.0. The van der Waals surface area contributed by atoms with Gasteiger partial charge in [0.2, 0.25) is 0 Å². The number of allylic oxidation sites excluding steroid dienone is 2. The van der Waals surface area contributed by atoms with Crippen molar-refractivity contribution in [1.29, 1.82) is 0 Å². The lowest BCUT2D eigenvalue weighted by Crippen LogP contribution is -2.30. The SMILES string of the molecule is CCCCC/C=C\CCCCCCCC(=O)OCC(COC(=O)CCCCCCCCCCCCCCCCCCCCCCCCCCCCC)OC(=O)CCCCCCCCCCCCCCCCCCCCCC. The second-order valence-corrected chi connectivity index (χ2v) is 24.2. The van der Waals surface area contributed by atoms with Crippen molar-refractivity contribution in [2.45, 2.75) is 412 Å². The molecule has 0 saturated carbocycles. The fourth-order valence-electron chi connectivity index (χ4n) is 11.0. The highest BCUT2D eigenvalue weighted by Gasteiger charge is 2.19. The monoisotopic (exact) mass is 1090 g/mol. The lowest BCUT2D eigenvalue weighted by molar-refractivity contribution is -0.167. The van der Waals surface area contributed by atoms with Crippen LogP contribution < -0.4 is 0 Å². The molecule has 0 fully saturated rings. The Balaban J connectivity index is 4.16. The maximum Gasteiger partial charge on any atom is 0.306 e.